The van der Waals surface area contributed by atoms with Crippen LogP contribution in [0.2, 0.25) is 0 Å². The van der Waals surface area contributed by atoms with E-state index >= 15 is 0 Å². The summed E-state index contributed by atoms with van der Waals surface area (Å²) >= 11 is 0. The van der Waals surface area contributed by atoms with Gasteiger partial charge in [-0.25, -0.2) is 4.79 Å². The number of anilines is 1. The number of rotatable bonds is 8. The Morgan fingerprint density at radius 3 is 2.66 bits per heavy atom. The van der Waals surface area contributed by atoms with Crippen LogP contribution >= 0.6 is 0 Å². The molecule has 1 aromatic heterocycles. The first-order chi connectivity index (χ1) is 18.5. The van der Waals surface area contributed by atoms with Gasteiger partial charge in [-0.05, 0) is 67.7 Å². The molecule has 1 unspecified atom stereocenters. The molecule has 0 spiro atoms. The molecule has 2 aliphatic heterocycles. The molecule has 3 heterocycles. The SMILES string of the molecule is CCOc1cc(C2C(C(=O)OC3CCCCC3)=C(C)Nc3nnnn32)ccc1OCC(=O)N1CCOCC1. The Morgan fingerprint density at radius 1 is 1.11 bits per heavy atom. The summed E-state index contributed by atoms with van der Waals surface area (Å²) in [5, 5.41) is 15.1. The van der Waals surface area contributed by atoms with Gasteiger partial charge in [-0.3, -0.25) is 4.79 Å². The van der Waals surface area contributed by atoms with E-state index in [0.29, 0.717) is 61.6 Å². The highest BCUT2D eigenvalue weighted by Crippen LogP contribution is 2.39. The molecular weight excluding hydrogens is 492 g/mol. The minimum Gasteiger partial charge on any atom is -0.490 e. The largest absolute Gasteiger partial charge is 0.490 e. The van der Waals surface area contributed by atoms with Crippen LogP contribution in [0.5, 0.6) is 11.5 Å². The third kappa shape index (κ3) is 5.59. The number of tetrazole rings is 1. The Balaban J connectivity index is 1.40. The second kappa shape index (κ2) is 11.8. The quantitative estimate of drug-likeness (QED) is 0.512. The molecule has 1 saturated carbocycles. The predicted octanol–water partition coefficient (Wildman–Crippen LogP) is 2.47. The molecule has 5 rings (SSSR count). The zero-order valence-corrected chi connectivity index (χ0v) is 21.9. The van der Waals surface area contributed by atoms with E-state index in [9.17, 15) is 9.59 Å². The summed E-state index contributed by atoms with van der Waals surface area (Å²) in [4.78, 5) is 27.8. The molecule has 1 aliphatic carbocycles. The first-order valence-corrected chi connectivity index (χ1v) is 13.3. The number of morpholine rings is 1. The highest BCUT2D eigenvalue weighted by Gasteiger charge is 2.36. The number of fused-ring (bicyclic) bond motifs is 1. The number of amides is 1. The van der Waals surface area contributed by atoms with Gasteiger partial charge in [0, 0.05) is 18.8 Å². The minimum atomic E-state index is -0.624. The van der Waals surface area contributed by atoms with Crippen LogP contribution < -0.4 is 14.8 Å². The Morgan fingerprint density at radius 2 is 1.89 bits per heavy atom. The van der Waals surface area contributed by atoms with Crippen molar-refractivity contribution in [2.24, 2.45) is 0 Å². The smallest absolute Gasteiger partial charge is 0.338 e. The van der Waals surface area contributed by atoms with Crippen LogP contribution in [-0.2, 0) is 19.1 Å². The minimum absolute atomic E-state index is 0.0915. The van der Waals surface area contributed by atoms with Gasteiger partial charge in [0.2, 0.25) is 5.95 Å². The van der Waals surface area contributed by atoms with Gasteiger partial charge in [-0.15, -0.1) is 0 Å². The monoisotopic (exact) mass is 526 g/mol. The number of hydrogen-bond donors (Lipinski definition) is 1. The fourth-order valence-electron chi connectivity index (χ4n) is 5.11. The van der Waals surface area contributed by atoms with Crippen molar-refractivity contribution in [3.8, 4) is 11.5 Å². The summed E-state index contributed by atoms with van der Waals surface area (Å²) in [7, 11) is 0. The third-order valence-electron chi connectivity index (χ3n) is 7.06. The maximum Gasteiger partial charge on any atom is 0.338 e. The zero-order chi connectivity index (χ0) is 26.5. The maximum atomic E-state index is 13.5. The van der Waals surface area contributed by atoms with Gasteiger partial charge in [0.05, 0.1) is 25.4 Å². The Labute approximate surface area is 221 Å². The molecule has 0 radical (unpaired) electrons. The van der Waals surface area contributed by atoms with Gasteiger partial charge in [-0.2, -0.15) is 4.68 Å². The lowest BCUT2D eigenvalue weighted by Crippen LogP contribution is -2.43. The average Bonchev–Trinajstić information content (AvgIpc) is 3.40. The van der Waals surface area contributed by atoms with Crippen LogP contribution in [0.25, 0.3) is 0 Å². The summed E-state index contributed by atoms with van der Waals surface area (Å²) < 4.78 is 24.6. The topological polar surface area (TPSA) is 130 Å². The van der Waals surface area contributed by atoms with Crippen LogP contribution in [0, 0.1) is 0 Å². The molecule has 1 atom stereocenters. The number of benzene rings is 1. The van der Waals surface area contributed by atoms with Crippen molar-refractivity contribution < 1.29 is 28.5 Å². The van der Waals surface area contributed by atoms with Crippen LogP contribution in [-0.4, -0.2) is 82.6 Å². The van der Waals surface area contributed by atoms with Gasteiger partial charge in [0.15, 0.2) is 18.1 Å². The van der Waals surface area contributed by atoms with Crippen molar-refractivity contribution in [3.63, 3.8) is 0 Å². The van der Waals surface area contributed by atoms with Gasteiger partial charge in [0.25, 0.3) is 5.91 Å². The molecule has 38 heavy (non-hydrogen) atoms. The maximum absolute atomic E-state index is 13.5. The lowest BCUT2D eigenvalue weighted by Gasteiger charge is -2.30. The van der Waals surface area contributed by atoms with E-state index in [1.54, 1.807) is 21.7 Å². The molecule has 1 aromatic carbocycles. The van der Waals surface area contributed by atoms with Crippen LogP contribution in [0.3, 0.4) is 0 Å². The Hall–Kier alpha value is -3.67. The highest BCUT2D eigenvalue weighted by molar-refractivity contribution is 5.92. The number of esters is 1. The number of carbonyl (C=O) groups excluding carboxylic acids is 2. The third-order valence-corrected chi connectivity index (χ3v) is 7.06. The summed E-state index contributed by atoms with van der Waals surface area (Å²) in [5.74, 6) is 0.835. The summed E-state index contributed by atoms with van der Waals surface area (Å²) in [6.07, 6.45) is 4.93. The summed E-state index contributed by atoms with van der Waals surface area (Å²) in [6, 6.07) is 4.76. The van der Waals surface area contributed by atoms with Gasteiger partial charge in [0.1, 0.15) is 12.1 Å². The van der Waals surface area contributed by atoms with E-state index < -0.39 is 6.04 Å². The van der Waals surface area contributed by atoms with Gasteiger partial charge >= 0.3 is 5.97 Å². The van der Waals surface area contributed by atoms with E-state index in [1.807, 2.05) is 19.9 Å². The molecule has 3 aliphatic rings. The van der Waals surface area contributed by atoms with Crippen molar-refractivity contribution in [1.29, 1.82) is 0 Å². The first-order valence-electron chi connectivity index (χ1n) is 13.3. The van der Waals surface area contributed by atoms with Crippen molar-refractivity contribution in [1.82, 2.24) is 25.1 Å². The Bertz CT molecular complexity index is 1180. The average molecular weight is 527 g/mol. The normalized spacial score (nSPS) is 19.9. The number of allylic oxidation sites excluding steroid dienone is 1. The number of aromatic nitrogens is 4. The second-order valence-electron chi connectivity index (χ2n) is 9.60. The standard InChI is InChI=1S/C26H34N6O6/c1-3-36-21-15-18(9-10-20(21)37-16-22(33)31-11-13-35-14-12-31)24-23(17(2)27-26-28-29-30-32(24)26)25(34)38-19-7-5-4-6-8-19/h9-10,15,19,24H,3-8,11-14,16H2,1-2H3,(H,27,28,30). The van der Waals surface area contributed by atoms with Crippen LogP contribution in [0.1, 0.15) is 57.6 Å². The number of nitrogens with zero attached hydrogens (tertiary/aromatic N) is 5. The predicted molar refractivity (Wildman–Crippen MR) is 136 cm³/mol. The highest BCUT2D eigenvalue weighted by atomic mass is 16.5. The van der Waals surface area contributed by atoms with Crippen LogP contribution in [0.15, 0.2) is 29.5 Å². The van der Waals surface area contributed by atoms with Gasteiger partial charge in [-0.1, -0.05) is 17.6 Å². The molecule has 1 saturated heterocycles. The van der Waals surface area contributed by atoms with Crippen molar-refractivity contribution in [2.75, 3.05) is 44.8 Å². The molecule has 1 N–H and O–H groups in total. The van der Waals surface area contributed by atoms with E-state index in [4.69, 9.17) is 18.9 Å². The van der Waals surface area contributed by atoms with Crippen molar-refractivity contribution in [3.05, 3.63) is 35.0 Å². The van der Waals surface area contributed by atoms with E-state index in [-0.39, 0.29) is 24.6 Å². The lowest BCUT2D eigenvalue weighted by molar-refractivity contribution is -0.146. The summed E-state index contributed by atoms with van der Waals surface area (Å²) in [6.45, 7) is 6.13. The molecule has 12 nitrogen and oxygen atoms in total. The molecule has 1 amide bonds. The number of nitrogens with one attached hydrogen (secondary N) is 1. The number of carbonyl (C=O) groups is 2. The van der Waals surface area contributed by atoms with E-state index in [0.717, 1.165) is 31.2 Å². The number of ether oxygens (including phenoxy) is 4. The molecular formula is C26H34N6O6. The fourth-order valence-corrected chi connectivity index (χ4v) is 5.11. The van der Waals surface area contributed by atoms with Crippen LogP contribution in [0.4, 0.5) is 5.95 Å². The molecule has 204 valence electrons. The lowest BCUT2D eigenvalue weighted by atomic mass is 9.94. The molecule has 0 bridgehead atoms. The van der Waals surface area contributed by atoms with Gasteiger partial charge < -0.3 is 29.2 Å². The zero-order valence-electron chi connectivity index (χ0n) is 21.9. The second-order valence-corrected chi connectivity index (χ2v) is 9.60. The fraction of sp³-hybridized carbons (Fsp3) is 0.577. The summed E-state index contributed by atoms with van der Waals surface area (Å²) in [5.41, 5.74) is 1.80. The van der Waals surface area contributed by atoms with E-state index in [2.05, 4.69) is 20.8 Å². The van der Waals surface area contributed by atoms with E-state index in [1.165, 1.54) is 6.42 Å². The molecule has 2 fully saturated rings. The van der Waals surface area contributed by atoms with Crippen molar-refractivity contribution >= 4 is 17.8 Å². The van der Waals surface area contributed by atoms with Crippen molar-refractivity contribution in [2.45, 2.75) is 58.1 Å². The number of hydrogen-bond acceptors (Lipinski definition) is 10. The Kier molecular flexibility index (Phi) is 8.06. The first kappa shape index (κ1) is 26.0. The molecule has 12 heteroatoms. The molecule has 2 aromatic rings.